The van der Waals surface area contributed by atoms with E-state index in [1.54, 1.807) is 0 Å². The van der Waals surface area contributed by atoms with E-state index in [9.17, 15) is 9.90 Å². The van der Waals surface area contributed by atoms with Crippen molar-refractivity contribution in [2.45, 2.75) is 19.9 Å². The number of hydrogen-bond acceptors (Lipinski definition) is 4. The summed E-state index contributed by atoms with van der Waals surface area (Å²) < 4.78 is 0. The number of nitrogens with zero attached hydrogens (tertiary/aromatic N) is 2. The van der Waals surface area contributed by atoms with Crippen molar-refractivity contribution in [3.8, 4) is 5.75 Å². The van der Waals surface area contributed by atoms with Crippen molar-refractivity contribution in [2.24, 2.45) is 10.2 Å². The molecule has 0 aliphatic heterocycles. The maximum atomic E-state index is 10.7. The number of aromatic carboxylic acids is 1. The first kappa shape index (κ1) is 11.2. The lowest BCUT2D eigenvalue weighted by atomic mass is 10.2. The molecule has 1 rings (SSSR count). The van der Waals surface area contributed by atoms with Crippen LogP contribution >= 0.6 is 0 Å². The van der Waals surface area contributed by atoms with Crippen molar-refractivity contribution in [1.29, 1.82) is 0 Å². The van der Waals surface area contributed by atoms with Crippen molar-refractivity contribution in [3.05, 3.63) is 23.8 Å². The minimum atomic E-state index is -1.19. The van der Waals surface area contributed by atoms with E-state index in [0.717, 1.165) is 0 Å². The molecule has 0 unspecified atom stereocenters. The van der Waals surface area contributed by atoms with E-state index in [2.05, 4.69) is 10.2 Å². The number of hydrogen-bond donors (Lipinski definition) is 2. The molecule has 0 aliphatic carbocycles. The predicted molar refractivity (Wildman–Crippen MR) is 54.7 cm³/mol. The molecular weight excluding hydrogens is 196 g/mol. The Morgan fingerprint density at radius 1 is 1.40 bits per heavy atom. The van der Waals surface area contributed by atoms with Gasteiger partial charge in [-0.25, -0.2) is 4.79 Å². The third-order valence-corrected chi connectivity index (χ3v) is 1.61. The van der Waals surface area contributed by atoms with Crippen LogP contribution in [-0.2, 0) is 0 Å². The fraction of sp³-hybridized carbons (Fsp3) is 0.300. The fourth-order valence-electron chi connectivity index (χ4n) is 0.940. The fourth-order valence-corrected chi connectivity index (χ4v) is 0.940. The molecule has 0 aromatic heterocycles. The molecule has 0 saturated carbocycles. The summed E-state index contributed by atoms with van der Waals surface area (Å²) in [4.78, 5) is 10.7. The van der Waals surface area contributed by atoms with E-state index in [1.807, 2.05) is 13.8 Å². The molecule has 0 amide bonds. The van der Waals surface area contributed by atoms with Crippen LogP contribution in [0.25, 0.3) is 0 Å². The van der Waals surface area contributed by atoms with Crippen LogP contribution in [0.1, 0.15) is 24.2 Å². The summed E-state index contributed by atoms with van der Waals surface area (Å²) in [5.41, 5.74) is 0.245. The summed E-state index contributed by atoms with van der Waals surface area (Å²) in [7, 11) is 0. The molecule has 5 heteroatoms. The third kappa shape index (κ3) is 3.05. The number of carboxylic acid groups (broad SMARTS) is 1. The third-order valence-electron chi connectivity index (χ3n) is 1.61. The van der Waals surface area contributed by atoms with Crippen LogP contribution in [0.3, 0.4) is 0 Å². The molecule has 0 saturated heterocycles. The highest BCUT2D eigenvalue weighted by Crippen LogP contribution is 2.23. The molecule has 1 aromatic rings. The Hall–Kier alpha value is -1.91. The number of carbonyl (C=O) groups is 1. The normalized spacial score (nSPS) is 11.1. The summed E-state index contributed by atoms with van der Waals surface area (Å²) >= 11 is 0. The van der Waals surface area contributed by atoms with E-state index in [4.69, 9.17) is 5.11 Å². The highest BCUT2D eigenvalue weighted by atomic mass is 16.4. The number of phenols is 1. The molecule has 15 heavy (non-hydrogen) atoms. The van der Waals surface area contributed by atoms with Gasteiger partial charge in [0.05, 0.1) is 11.7 Å². The summed E-state index contributed by atoms with van der Waals surface area (Å²) in [6.07, 6.45) is 0. The Morgan fingerprint density at radius 2 is 2.07 bits per heavy atom. The van der Waals surface area contributed by atoms with E-state index < -0.39 is 5.97 Å². The molecule has 0 heterocycles. The molecule has 5 nitrogen and oxygen atoms in total. The second kappa shape index (κ2) is 4.54. The second-order valence-electron chi connectivity index (χ2n) is 3.32. The van der Waals surface area contributed by atoms with Crippen molar-refractivity contribution in [1.82, 2.24) is 0 Å². The standard InChI is InChI=1S/C10H12N2O3/c1-6(2)11-12-7-3-4-9(13)8(5-7)10(14)15/h3-6,13H,1-2H3,(H,14,15)/b12-11-. The van der Waals surface area contributed by atoms with Gasteiger partial charge in [0, 0.05) is 0 Å². The number of rotatable bonds is 3. The van der Waals surface area contributed by atoms with E-state index in [0.29, 0.717) is 5.69 Å². The average molecular weight is 208 g/mol. The highest BCUT2D eigenvalue weighted by Gasteiger charge is 2.09. The Labute approximate surface area is 87.1 Å². The Morgan fingerprint density at radius 3 is 2.60 bits per heavy atom. The Bertz CT molecular complexity index is 400. The van der Waals surface area contributed by atoms with Gasteiger partial charge >= 0.3 is 5.97 Å². The first-order valence-corrected chi connectivity index (χ1v) is 4.48. The molecule has 0 radical (unpaired) electrons. The summed E-state index contributed by atoms with van der Waals surface area (Å²) in [5, 5.41) is 25.7. The molecule has 1 aromatic carbocycles. The smallest absolute Gasteiger partial charge is 0.339 e. The first-order chi connectivity index (χ1) is 7.00. The van der Waals surface area contributed by atoms with Gasteiger partial charge in [-0.15, -0.1) is 0 Å². The lowest BCUT2D eigenvalue weighted by Gasteiger charge is -2.00. The monoisotopic (exact) mass is 208 g/mol. The van der Waals surface area contributed by atoms with Crippen molar-refractivity contribution in [2.75, 3.05) is 0 Å². The average Bonchev–Trinajstić information content (AvgIpc) is 2.16. The van der Waals surface area contributed by atoms with Gasteiger partial charge in [0.1, 0.15) is 11.3 Å². The van der Waals surface area contributed by atoms with Gasteiger partial charge in [0.15, 0.2) is 0 Å². The summed E-state index contributed by atoms with van der Waals surface area (Å²) in [5.74, 6) is -1.46. The van der Waals surface area contributed by atoms with Crippen LogP contribution in [0.4, 0.5) is 5.69 Å². The Balaban J connectivity index is 3.03. The maximum absolute atomic E-state index is 10.7. The van der Waals surface area contributed by atoms with Crippen molar-refractivity contribution in [3.63, 3.8) is 0 Å². The number of aromatic hydroxyl groups is 1. The molecule has 80 valence electrons. The first-order valence-electron chi connectivity index (χ1n) is 4.48. The summed E-state index contributed by atoms with van der Waals surface area (Å²) in [6.45, 7) is 3.73. The van der Waals surface area contributed by atoms with E-state index in [1.165, 1.54) is 18.2 Å². The van der Waals surface area contributed by atoms with Gasteiger partial charge in [-0.3, -0.25) is 0 Å². The lowest BCUT2D eigenvalue weighted by molar-refractivity contribution is 0.0694. The zero-order chi connectivity index (χ0) is 11.4. The van der Waals surface area contributed by atoms with E-state index >= 15 is 0 Å². The molecule has 0 spiro atoms. The molecule has 2 N–H and O–H groups in total. The van der Waals surface area contributed by atoms with E-state index in [-0.39, 0.29) is 17.4 Å². The van der Waals surface area contributed by atoms with Gasteiger partial charge in [0.25, 0.3) is 0 Å². The van der Waals surface area contributed by atoms with Crippen molar-refractivity contribution < 1.29 is 15.0 Å². The topological polar surface area (TPSA) is 82.2 Å². The molecular formula is C10H12N2O3. The van der Waals surface area contributed by atoms with Gasteiger partial charge in [-0.2, -0.15) is 10.2 Å². The number of benzene rings is 1. The molecule has 0 fully saturated rings. The largest absolute Gasteiger partial charge is 0.507 e. The van der Waals surface area contributed by atoms with Crippen LogP contribution in [0.15, 0.2) is 28.4 Å². The van der Waals surface area contributed by atoms with Gasteiger partial charge < -0.3 is 10.2 Å². The molecule has 0 atom stereocenters. The number of carboxylic acids is 1. The van der Waals surface area contributed by atoms with Crippen LogP contribution < -0.4 is 0 Å². The maximum Gasteiger partial charge on any atom is 0.339 e. The van der Waals surface area contributed by atoms with Crippen LogP contribution in [-0.4, -0.2) is 22.2 Å². The Kier molecular flexibility index (Phi) is 3.38. The molecule has 0 aliphatic rings. The lowest BCUT2D eigenvalue weighted by Crippen LogP contribution is -1.95. The zero-order valence-corrected chi connectivity index (χ0v) is 8.51. The minimum absolute atomic E-state index is 0.0482. The van der Waals surface area contributed by atoms with Crippen LogP contribution in [0.5, 0.6) is 5.75 Å². The zero-order valence-electron chi connectivity index (χ0n) is 8.51. The van der Waals surface area contributed by atoms with Gasteiger partial charge in [-0.1, -0.05) is 0 Å². The van der Waals surface area contributed by atoms with Gasteiger partial charge in [0.2, 0.25) is 0 Å². The minimum Gasteiger partial charge on any atom is -0.507 e. The quantitative estimate of drug-likeness (QED) is 0.749. The predicted octanol–water partition coefficient (Wildman–Crippen LogP) is 2.58. The highest BCUT2D eigenvalue weighted by molar-refractivity contribution is 5.91. The van der Waals surface area contributed by atoms with Crippen LogP contribution in [0, 0.1) is 0 Å². The second-order valence-corrected chi connectivity index (χ2v) is 3.32. The number of azo groups is 1. The summed E-state index contributed by atoms with van der Waals surface area (Å²) in [6, 6.07) is 4.13. The molecule has 0 bridgehead atoms. The van der Waals surface area contributed by atoms with Crippen LogP contribution in [0.2, 0.25) is 0 Å². The SMILES string of the molecule is CC(C)/N=N\c1ccc(O)c(C(=O)O)c1. The van der Waals surface area contributed by atoms with Crippen molar-refractivity contribution >= 4 is 11.7 Å². The van der Waals surface area contributed by atoms with Gasteiger partial charge in [-0.05, 0) is 32.0 Å².